The number of likely N-dealkylation sites (tertiary alicyclic amines) is 1. The molecule has 0 bridgehead atoms. The first-order valence-corrected chi connectivity index (χ1v) is 10.1. The number of rotatable bonds is 6. The van der Waals surface area contributed by atoms with Crippen LogP contribution < -0.4 is 11.1 Å². The van der Waals surface area contributed by atoms with E-state index in [1.807, 2.05) is 0 Å². The van der Waals surface area contributed by atoms with Gasteiger partial charge in [-0.1, -0.05) is 37.1 Å². The summed E-state index contributed by atoms with van der Waals surface area (Å²) in [6, 6.07) is 8.18. The predicted octanol–water partition coefficient (Wildman–Crippen LogP) is 2.43. The molecule has 2 aliphatic heterocycles. The number of hydrogen-bond acceptors (Lipinski definition) is 4. The number of hydrogen-bond donors (Lipinski definition) is 2. The number of nitrogens with zero attached hydrogens (tertiary/aromatic N) is 1. The zero-order valence-corrected chi connectivity index (χ0v) is 15.8. The van der Waals surface area contributed by atoms with Crippen LogP contribution in [0.3, 0.4) is 0 Å². The summed E-state index contributed by atoms with van der Waals surface area (Å²) < 4.78 is 5.34. The largest absolute Gasteiger partial charge is 0.381 e. The van der Waals surface area contributed by atoms with Crippen LogP contribution in [-0.4, -0.2) is 43.2 Å². The smallest absolute Gasteiger partial charge is 0.237 e. The molecule has 5 nitrogen and oxygen atoms in total. The van der Waals surface area contributed by atoms with Crippen LogP contribution in [0.1, 0.15) is 49.7 Å². The van der Waals surface area contributed by atoms with Crippen LogP contribution in [0.2, 0.25) is 0 Å². The first kappa shape index (κ1) is 19.3. The average Bonchev–Trinajstić information content (AvgIpc) is 2.96. The molecular formula is C21H33N3O2. The second kappa shape index (κ2) is 10.0. The molecule has 1 aromatic rings. The van der Waals surface area contributed by atoms with Crippen molar-refractivity contribution >= 4 is 5.91 Å². The van der Waals surface area contributed by atoms with Gasteiger partial charge in [0.2, 0.25) is 5.91 Å². The molecular weight excluding hydrogens is 326 g/mol. The molecule has 2 heterocycles. The predicted molar refractivity (Wildman–Crippen MR) is 104 cm³/mol. The molecule has 26 heavy (non-hydrogen) atoms. The molecule has 2 saturated heterocycles. The molecule has 1 unspecified atom stereocenters. The highest BCUT2D eigenvalue weighted by Crippen LogP contribution is 2.18. The third-order valence-electron chi connectivity index (χ3n) is 5.67. The second-order valence-corrected chi connectivity index (χ2v) is 7.70. The Morgan fingerprint density at radius 3 is 2.35 bits per heavy atom. The van der Waals surface area contributed by atoms with E-state index in [2.05, 4.69) is 34.5 Å². The fraction of sp³-hybridized carbons (Fsp3) is 0.667. The van der Waals surface area contributed by atoms with Crippen molar-refractivity contribution in [1.29, 1.82) is 0 Å². The maximum atomic E-state index is 12.3. The number of benzene rings is 1. The zero-order valence-electron chi connectivity index (χ0n) is 15.8. The number of carbonyl (C=O) groups excluding carboxylic acids is 1. The van der Waals surface area contributed by atoms with Gasteiger partial charge in [0.1, 0.15) is 0 Å². The number of nitrogens with two attached hydrogens (primary N) is 1. The lowest BCUT2D eigenvalue weighted by atomic mass is 9.92. The fourth-order valence-electron chi connectivity index (χ4n) is 3.91. The highest BCUT2D eigenvalue weighted by Gasteiger charge is 2.26. The van der Waals surface area contributed by atoms with Crippen molar-refractivity contribution in [2.45, 2.75) is 57.7 Å². The fourth-order valence-corrected chi connectivity index (χ4v) is 3.91. The number of nitrogens with one attached hydrogen (secondary N) is 1. The van der Waals surface area contributed by atoms with Gasteiger partial charge in [-0.2, -0.15) is 0 Å². The monoisotopic (exact) mass is 359 g/mol. The number of amides is 1. The quantitative estimate of drug-likeness (QED) is 0.819. The third-order valence-corrected chi connectivity index (χ3v) is 5.67. The van der Waals surface area contributed by atoms with Gasteiger partial charge in [-0.15, -0.1) is 0 Å². The first-order valence-electron chi connectivity index (χ1n) is 10.1. The Kier molecular flexibility index (Phi) is 7.47. The molecule has 2 aliphatic rings. The molecule has 1 amide bonds. The van der Waals surface area contributed by atoms with Gasteiger partial charge in [-0.05, 0) is 55.8 Å². The van der Waals surface area contributed by atoms with E-state index >= 15 is 0 Å². The third kappa shape index (κ3) is 5.79. The molecule has 5 heteroatoms. The van der Waals surface area contributed by atoms with Gasteiger partial charge < -0.3 is 15.8 Å². The molecule has 0 spiro atoms. The Hall–Kier alpha value is -1.43. The van der Waals surface area contributed by atoms with E-state index in [9.17, 15) is 4.79 Å². The summed E-state index contributed by atoms with van der Waals surface area (Å²) in [5, 5.41) is 2.99. The van der Waals surface area contributed by atoms with E-state index in [0.717, 1.165) is 24.9 Å². The van der Waals surface area contributed by atoms with E-state index in [-0.39, 0.29) is 11.8 Å². The number of ether oxygens (including phenoxy) is 1. The summed E-state index contributed by atoms with van der Waals surface area (Å²) >= 11 is 0. The normalized spacial score (nSPS) is 21.1. The van der Waals surface area contributed by atoms with Crippen molar-refractivity contribution in [1.82, 2.24) is 10.2 Å². The van der Waals surface area contributed by atoms with Crippen LogP contribution in [0.15, 0.2) is 24.3 Å². The van der Waals surface area contributed by atoms with Gasteiger partial charge in [0.25, 0.3) is 0 Å². The van der Waals surface area contributed by atoms with Crippen LogP contribution >= 0.6 is 0 Å². The molecule has 0 aromatic heterocycles. The van der Waals surface area contributed by atoms with Crippen molar-refractivity contribution in [3.05, 3.63) is 35.4 Å². The summed E-state index contributed by atoms with van der Waals surface area (Å²) in [6.07, 6.45) is 7.12. The maximum Gasteiger partial charge on any atom is 0.237 e. The van der Waals surface area contributed by atoms with Gasteiger partial charge in [0.05, 0.1) is 6.04 Å². The Bertz CT molecular complexity index is 547. The van der Waals surface area contributed by atoms with Crippen LogP contribution in [0.5, 0.6) is 0 Å². The van der Waals surface area contributed by atoms with Gasteiger partial charge in [-0.3, -0.25) is 9.69 Å². The SMILES string of the molecule is NC(C(=O)NCc1ccc(CN2CCCCCC2)cc1)C1CCOCC1. The van der Waals surface area contributed by atoms with Crippen molar-refractivity contribution in [3.63, 3.8) is 0 Å². The Labute approximate surface area is 157 Å². The Morgan fingerprint density at radius 1 is 1.08 bits per heavy atom. The van der Waals surface area contributed by atoms with Gasteiger partial charge in [-0.25, -0.2) is 0 Å². The summed E-state index contributed by atoms with van der Waals surface area (Å²) in [5.74, 6) is 0.185. The van der Waals surface area contributed by atoms with E-state index in [0.29, 0.717) is 19.8 Å². The minimum Gasteiger partial charge on any atom is -0.381 e. The van der Waals surface area contributed by atoms with Crippen molar-refractivity contribution in [3.8, 4) is 0 Å². The van der Waals surface area contributed by atoms with Crippen LogP contribution in [0.25, 0.3) is 0 Å². The first-order chi connectivity index (χ1) is 12.7. The summed E-state index contributed by atoms with van der Waals surface area (Å²) in [6.45, 7) is 5.42. The van der Waals surface area contributed by atoms with Gasteiger partial charge >= 0.3 is 0 Å². The van der Waals surface area contributed by atoms with Gasteiger partial charge in [0.15, 0.2) is 0 Å². The lowest BCUT2D eigenvalue weighted by molar-refractivity contribution is -0.124. The number of carbonyl (C=O) groups is 1. The van der Waals surface area contributed by atoms with E-state index in [1.165, 1.54) is 44.3 Å². The van der Waals surface area contributed by atoms with Crippen LogP contribution in [-0.2, 0) is 22.6 Å². The average molecular weight is 360 g/mol. The molecule has 0 saturated carbocycles. The Balaban J connectivity index is 1.44. The minimum atomic E-state index is -0.429. The van der Waals surface area contributed by atoms with Gasteiger partial charge in [0, 0.05) is 26.3 Å². The minimum absolute atomic E-state index is 0.0504. The zero-order chi connectivity index (χ0) is 18.2. The maximum absolute atomic E-state index is 12.3. The van der Waals surface area contributed by atoms with Crippen molar-refractivity contribution in [2.75, 3.05) is 26.3 Å². The lowest BCUT2D eigenvalue weighted by Crippen LogP contribution is -2.46. The molecule has 3 rings (SSSR count). The molecule has 1 aromatic carbocycles. The van der Waals surface area contributed by atoms with Crippen molar-refractivity contribution < 1.29 is 9.53 Å². The highest BCUT2D eigenvalue weighted by molar-refractivity contribution is 5.81. The van der Waals surface area contributed by atoms with Crippen LogP contribution in [0, 0.1) is 5.92 Å². The Morgan fingerprint density at radius 2 is 1.69 bits per heavy atom. The standard InChI is InChI=1S/C21H33N3O2/c22-20(19-9-13-26-14-10-19)21(25)23-15-17-5-7-18(8-6-17)16-24-11-3-1-2-4-12-24/h5-8,19-20H,1-4,9-16,22H2,(H,23,25). The van der Waals surface area contributed by atoms with E-state index < -0.39 is 6.04 Å². The summed E-state index contributed by atoms with van der Waals surface area (Å²) in [5.41, 5.74) is 8.59. The molecule has 3 N–H and O–H groups in total. The second-order valence-electron chi connectivity index (χ2n) is 7.70. The van der Waals surface area contributed by atoms with E-state index in [4.69, 9.17) is 10.5 Å². The molecule has 2 fully saturated rings. The molecule has 144 valence electrons. The topological polar surface area (TPSA) is 67.6 Å². The molecule has 1 atom stereocenters. The summed E-state index contributed by atoms with van der Waals surface area (Å²) in [7, 11) is 0. The molecule has 0 radical (unpaired) electrons. The molecule has 0 aliphatic carbocycles. The highest BCUT2D eigenvalue weighted by atomic mass is 16.5. The van der Waals surface area contributed by atoms with E-state index in [1.54, 1.807) is 0 Å². The van der Waals surface area contributed by atoms with Crippen LogP contribution in [0.4, 0.5) is 0 Å². The summed E-state index contributed by atoms with van der Waals surface area (Å²) in [4.78, 5) is 14.8. The van der Waals surface area contributed by atoms with Crippen molar-refractivity contribution in [2.24, 2.45) is 11.7 Å². The lowest BCUT2D eigenvalue weighted by Gasteiger charge is -2.26.